The minimum absolute atomic E-state index is 0.416. The van der Waals surface area contributed by atoms with E-state index in [1.54, 1.807) is 6.07 Å². The highest BCUT2D eigenvalue weighted by Gasteiger charge is 2.17. The number of hydrogen-bond acceptors (Lipinski definition) is 3. The van der Waals surface area contributed by atoms with Gasteiger partial charge in [-0.2, -0.15) is 0 Å². The van der Waals surface area contributed by atoms with Crippen molar-refractivity contribution < 1.29 is 9.59 Å². The quantitative estimate of drug-likeness (QED) is 0.763. The maximum atomic E-state index is 12.2. The van der Waals surface area contributed by atoms with E-state index < -0.39 is 11.8 Å². The average Bonchev–Trinajstić information content (AvgIpc) is 2.65. The number of carbonyl (C=O) groups is 2. The molecule has 2 aromatic carbocycles. The molecule has 1 fully saturated rings. The van der Waals surface area contributed by atoms with Crippen LogP contribution in [0.2, 0.25) is 5.02 Å². The molecule has 6 heteroatoms. The second kappa shape index (κ2) is 8.44. The number of nitrogens with one attached hydrogen (secondary N) is 2. The number of carbonyl (C=O) groups excluding carboxylic acids is 2. The lowest BCUT2D eigenvalue weighted by Gasteiger charge is -2.28. The van der Waals surface area contributed by atoms with Gasteiger partial charge in [-0.1, -0.05) is 17.7 Å². The number of benzene rings is 2. The molecule has 2 amide bonds. The van der Waals surface area contributed by atoms with Gasteiger partial charge in [0.05, 0.1) is 10.7 Å². The molecule has 2 aromatic rings. The van der Waals surface area contributed by atoms with E-state index in [1.165, 1.54) is 19.3 Å². The van der Waals surface area contributed by atoms with Crippen LogP contribution in [-0.4, -0.2) is 24.9 Å². The average molecular weight is 386 g/mol. The van der Waals surface area contributed by atoms with Crippen LogP contribution in [0, 0.1) is 13.8 Å². The first-order valence-corrected chi connectivity index (χ1v) is 9.56. The Hall–Kier alpha value is -2.53. The highest BCUT2D eigenvalue weighted by Crippen LogP contribution is 2.27. The summed E-state index contributed by atoms with van der Waals surface area (Å²) in [6, 6.07) is 11.2. The van der Waals surface area contributed by atoms with Gasteiger partial charge in [-0.05, 0) is 74.6 Å². The molecule has 0 unspecified atom stereocenters. The Labute approximate surface area is 164 Å². The minimum Gasteiger partial charge on any atom is -0.372 e. The maximum absolute atomic E-state index is 12.2. The summed E-state index contributed by atoms with van der Waals surface area (Å²) in [6.07, 6.45) is 3.70. The van der Waals surface area contributed by atoms with Crippen molar-refractivity contribution in [3.05, 3.63) is 52.5 Å². The summed E-state index contributed by atoms with van der Waals surface area (Å²) >= 11 is 6.18. The summed E-state index contributed by atoms with van der Waals surface area (Å²) in [4.78, 5) is 26.8. The van der Waals surface area contributed by atoms with E-state index in [-0.39, 0.29) is 0 Å². The lowest BCUT2D eigenvalue weighted by molar-refractivity contribution is -0.133. The molecule has 0 bridgehead atoms. The van der Waals surface area contributed by atoms with Crippen molar-refractivity contribution in [3.8, 4) is 0 Å². The van der Waals surface area contributed by atoms with E-state index in [4.69, 9.17) is 11.6 Å². The zero-order valence-electron chi connectivity index (χ0n) is 15.6. The molecule has 0 radical (unpaired) electrons. The van der Waals surface area contributed by atoms with Gasteiger partial charge < -0.3 is 15.5 Å². The Kier molecular flexibility index (Phi) is 6.01. The molecule has 142 valence electrons. The summed E-state index contributed by atoms with van der Waals surface area (Å²) in [5.74, 6) is -1.47. The summed E-state index contributed by atoms with van der Waals surface area (Å²) in [5, 5.41) is 5.64. The van der Waals surface area contributed by atoms with Gasteiger partial charge >= 0.3 is 11.8 Å². The molecule has 2 N–H and O–H groups in total. The molecule has 0 atom stereocenters. The molecule has 5 nitrogen and oxygen atoms in total. The normalized spacial score (nSPS) is 14.0. The van der Waals surface area contributed by atoms with Crippen LogP contribution in [0.3, 0.4) is 0 Å². The van der Waals surface area contributed by atoms with Crippen molar-refractivity contribution in [1.82, 2.24) is 0 Å². The van der Waals surface area contributed by atoms with Crippen molar-refractivity contribution >= 4 is 40.5 Å². The highest BCUT2D eigenvalue weighted by atomic mass is 35.5. The standard InChI is InChI=1S/C21H24ClN3O2/c1-14-12-15(2)19(18(22)13-14)24-21(27)20(26)23-16-6-8-17(9-7-16)25-10-4-3-5-11-25/h6-9,12-13H,3-5,10-11H2,1-2H3,(H,23,26)(H,24,27). The third kappa shape index (κ3) is 4.80. The van der Waals surface area contributed by atoms with Gasteiger partial charge in [0, 0.05) is 24.5 Å². The number of aryl methyl sites for hydroxylation is 2. The molecule has 0 aromatic heterocycles. The first kappa shape index (κ1) is 19.2. The van der Waals surface area contributed by atoms with Gasteiger partial charge in [0.15, 0.2) is 0 Å². The van der Waals surface area contributed by atoms with Gasteiger partial charge in [0.1, 0.15) is 0 Å². The number of hydrogen-bond donors (Lipinski definition) is 2. The fraction of sp³-hybridized carbons (Fsp3) is 0.333. The van der Waals surface area contributed by atoms with Crippen LogP contribution < -0.4 is 15.5 Å². The Morgan fingerprint density at radius 1 is 0.926 bits per heavy atom. The van der Waals surface area contributed by atoms with E-state index >= 15 is 0 Å². The molecular formula is C21H24ClN3O2. The molecule has 1 heterocycles. The van der Waals surface area contributed by atoms with Crippen molar-refractivity contribution in [3.63, 3.8) is 0 Å². The zero-order chi connectivity index (χ0) is 19.4. The number of piperidine rings is 1. The third-order valence-electron chi connectivity index (χ3n) is 4.72. The summed E-state index contributed by atoms with van der Waals surface area (Å²) in [6.45, 7) is 5.88. The Morgan fingerprint density at radius 3 is 2.19 bits per heavy atom. The molecule has 0 spiro atoms. The first-order valence-electron chi connectivity index (χ1n) is 9.18. The fourth-order valence-electron chi connectivity index (χ4n) is 3.34. The van der Waals surface area contributed by atoms with Crippen LogP contribution >= 0.6 is 11.6 Å². The van der Waals surface area contributed by atoms with Crippen LogP contribution in [0.4, 0.5) is 17.1 Å². The predicted molar refractivity (Wildman–Crippen MR) is 111 cm³/mol. The molecule has 0 aliphatic carbocycles. The Bertz CT molecular complexity index is 820. The summed E-state index contributed by atoms with van der Waals surface area (Å²) < 4.78 is 0. The number of amides is 2. The van der Waals surface area contributed by atoms with E-state index in [9.17, 15) is 9.59 Å². The third-order valence-corrected chi connectivity index (χ3v) is 5.02. The first-order chi connectivity index (χ1) is 12.9. The molecule has 27 heavy (non-hydrogen) atoms. The van der Waals surface area contributed by atoms with Crippen molar-refractivity contribution in [1.29, 1.82) is 0 Å². The zero-order valence-corrected chi connectivity index (χ0v) is 16.4. The minimum atomic E-state index is -0.746. The number of nitrogens with zero attached hydrogens (tertiary/aromatic N) is 1. The van der Waals surface area contributed by atoms with E-state index in [0.717, 1.165) is 29.9 Å². The lowest BCUT2D eigenvalue weighted by Crippen LogP contribution is -2.30. The van der Waals surface area contributed by atoms with Crippen LogP contribution in [0.25, 0.3) is 0 Å². The smallest absolute Gasteiger partial charge is 0.314 e. The van der Waals surface area contributed by atoms with Gasteiger partial charge in [-0.15, -0.1) is 0 Å². The van der Waals surface area contributed by atoms with Crippen LogP contribution in [0.5, 0.6) is 0 Å². The second-order valence-corrected chi connectivity index (χ2v) is 7.35. The maximum Gasteiger partial charge on any atom is 0.314 e. The lowest BCUT2D eigenvalue weighted by atomic mass is 10.1. The summed E-state index contributed by atoms with van der Waals surface area (Å²) in [7, 11) is 0. The SMILES string of the molecule is Cc1cc(C)c(NC(=O)C(=O)Nc2ccc(N3CCCCC3)cc2)c(Cl)c1. The van der Waals surface area contributed by atoms with E-state index in [2.05, 4.69) is 15.5 Å². The number of anilines is 3. The summed E-state index contributed by atoms with van der Waals surface area (Å²) in [5.41, 5.74) is 3.99. The molecule has 0 saturated carbocycles. The van der Waals surface area contributed by atoms with Gasteiger partial charge in [0.2, 0.25) is 0 Å². The van der Waals surface area contributed by atoms with Crippen molar-refractivity contribution in [2.75, 3.05) is 28.6 Å². The molecule has 1 aliphatic heterocycles. The van der Waals surface area contributed by atoms with Crippen LogP contribution in [0.1, 0.15) is 30.4 Å². The molecule has 1 aliphatic rings. The van der Waals surface area contributed by atoms with Gasteiger partial charge in [-0.3, -0.25) is 9.59 Å². The predicted octanol–water partition coefficient (Wildman–Crippen LogP) is 4.52. The number of rotatable bonds is 3. The largest absolute Gasteiger partial charge is 0.372 e. The highest BCUT2D eigenvalue weighted by molar-refractivity contribution is 6.45. The Balaban J connectivity index is 1.62. The van der Waals surface area contributed by atoms with E-state index in [1.807, 2.05) is 44.2 Å². The van der Waals surface area contributed by atoms with Crippen LogP contribution in [-0.2, 0) is 9.59 Å². The van der Waals surface area contributed by atoms with Gasteiger partial charge in [-0.25, -0.2) is 0 Å². The molecule has 1 saturated heterocycles. The monoisotopic (exact) mass is 385 g/mol. The number of halogens is 1. The van der Waals surface area contributed by atoms with E-state index in [0.29, 0.717) is 16.4 Å². The molecular weight excluding hydrogens is 362 g/mol. The topological polar surface area (TPSA) is 61.4 Å². The Morgan fingerprint density at radius 2 is 1.56 bits per heavy atom. The van der Waals surface area contributed by atoms with Gasteiger partial charge in [0.25, 0.3) is 0 Å². The fourth-order valence-corrected chi connectivity index (χ4v) is 3.71. The van der Waals surface area contributed by atoms with Crippen molar-refractivity contribution in [2.45, 2.75) is 33.1 Å². The van der Waals surface area contributed by atoms with Crippen LogP contribution in [0.15, 0.2) is 36.4 Å². The van der Waals surface area contributed by atoms with Crippen molar-refractivity contribution in [2.24, 2.45) is 0 Å². The second-order valence-electron chi connectivity index (χ2n) is 6.94. The molecule has 3 rings (SSSR count).